The number of amides is 2. The van der Waals surface area contributed by atoms with E-state index in [0.29, 0.717) is 37.8 Å². The summed E-state index contributed by atoms with van der Waals surface area (Å²) in [6, 6.07) is -0.510. The van der Waals surface area contributed by atoms with Crippen molar-refractivity contribution >= 4 is 12.0 Å². The first-order valence-corrected chi connectivity index (χ1v) is 6.97. The van der Waals surface area contributed by atoms with Gasteiger partial charge in [0, 0.05) is 25.7 Å². The van der Waals surface area contributed by atoms with Crippen LogP contribution in [0.15, 0.2) is 0 Å². The van der Waals surface area contributed by atoms with Gasteiger partial charge in [-0.1, -0.05) is 0 Å². The molecule has 0 aromatic carbocycles. The van der Waals surface area contributed by atoms with Crippen LogP contribution in [0.2, 0.25) is 0 Å². The number of likely N-dealkylation sites (tertiary alicyclic amines) is 1. The lowest BCUT2D eigenvalue weighted by Crippen LogP contribution is -2.40. The maximum absolute atomic E-state index is 12.3. The lowest BCUT2D eigenvalue weighted by atomic mass is 10.3. The van der Waals surface area contributed by atoms with E-state index >= 15 is 0 Å². The number of alkyl halides is 2. The molecular weight excluding hydrogens is 282 g/mol. The van der Waals surface area contributed by atoms with Crippen molar-refractivity contribution in [3.8, 4) is 0 Å². The topological polar surface area (TPSA) is 75.1 Å². The molecule has 1 aromatic rings. The summed E-state index contributed by atoms with van der Waals surface area (Å²) >= 11 is 0. The van der Waals surface area contributed by atoms with E-state index in [9.17, 15) is 13.6 Å². The summed E-state index contributed by atoms with van der Waals surface area (Å²) in [6.07, 6.45) is -1.68. The van der Waals surface area contributed by atoms with E-state index in [0.717, 1.165) is 0 Å². The van der Waals surface area contributed by atoms with Crippen molar-refractivity contribution in [1.29, 1.82) is 0 Å². The number of hydrogen-bond donors (Lipinski definition) is 2. The monoisotopic (exact) mass is 302 g/mol. The van der Waals surface area contributed by atoms with E-state index in [2.05, 4.69) is 20.7 Å². The molecular formula is C12H20F2N6O. The van der Waals surface area contributed by atoms with Gasteiger partial charge >= 0.3 is 6.03 Å². The normalized spacial score (nSPS) is 19.2. The Bertz CT molecular complexity index is 492. The van der Waals surface area contributed by atoms with E-state index in [1.807, 2.05) is 6.92 Å². The van der Waals surface area contributed by atoms with Crippen molar-refractivity contribution in [3.05, 3.63) is 5.82 Å². The van der Waals surface area contributed by atoms with Crippen molar-refractivity contribution < 1.29 is 13.6 Å². The van der Waals surface area contributed by atoms with Gasteiger partial charge in [-0.05, 0) is 20.3 Å². The van der Waals surface area contributed by atoms with Crippen LogP contribution in [0.3, 0.4) is 0 Å². The average Bonchev–Trinajstić information content (AvgIpc) is 2.95. The fourth-order valence-corrected chi connectivity index (χ4v) is 2.40. The average molecular weight is 302 g/mol. The summed E-state index contributed by atoms with van der Waals surface area (Å²) in [4.78, 5) is 17.7. The summed E-state index contributed by atoms with van der Waals surface area (Å²) in [7, 11) is 0. The third-order valence-electron chi connectivity index (χ3n) is 3.31. The zero-order valence-corrected chi connectivity index (χ0v) is 12.1. The van der Waals surface area contributed by atoms with Crippen LogP contribution in [-0.2, 0) is 6.54 Å². The van der Waals surface area contributed by atoms with Crippen LogP contribution in [0.1, 0.15) is 19.2 Å². The second kappa shape index (κ2) is 6.79. The third-order valence-corrected chi connectivity index (χ3v) is 3.31. The number of nitrogens with zero attached hydrogens (tertiary/aromatic N) is 4. The van der Waals surface area contributed by atoms with Gasteiger partial charge in [0.1, 0.15) is 5.82 Å². The lowest BCUT2D eigenvalue weighted by Gasteiger charge is -2.16. The van der Waals surface area contributed by atoms with Crippen LogP contribution >= 0.6 is 0 Å². The van der Waals surface area contributed by atoms with E-state index in [-0.39, 0.29) is 18.6 Å². The molecule has 1 fully saturated rings. The molecule has 2 rings (SSSR count). The second-order valence-corrected chi connectivity index (χ2v) is 5.03. The number of carbonyl (C=O) groups is 1. The van der Waals surface area contributed by atoms with Crippen molar-refractivity contribution in [2.75, 3.05) is 25.0 Å². The molecule has 7 nitrogen and oxygen atoms in total. The molecule has 1 atom stereocenters. The predicted octanol–water partition coefficient (Wildman–Crippen LogP) is 1.07. The minimum absolute atomic E-state index is 0.122. The fourth-order valence-electron chi connectivity index (χ4n) is 2.40. The largest absolute Gasteiger partial charge is 0.334 e. The minimum atomic E-state index is -2.34. The van der Waals surface area contributed by atoms with Gasteiger partial charge in [-0.2, -0.15) is 10.1 Å². The number of hydrogen-bond acceptors (Lipinski definition) is 4. The highest BCUT2D eigenvalue weighted by Crippen LogP contribution is 2.11. The molecule has 1 saturated heterocycles. The molecule has 9 heteroatoms. The Labute approximate surface area is 121 Å². The molecule has 2 heterocycles. The van der Waals surface area contributed by atoms with Gasteiger partial charge in [-0.3, -0.25) is 10.2 Å². The zero-order chi connectivity index (χ0) is 15.4. The highest BCUT2D eigenvalue weighted by atomic mass is 19.3. The highest BCUT2D eigenvalue weighted by molar-refractivity contribution is 5.87. The van der Waals surface area contributed by atoms with Crippen LogP contribution in [0.5, 0.6) is 0 Å². The van der Waals surface area contributed by atoms with Gasteiger partial charge in [0.25, 0.3) is 6.43 Å². The number of aryl methyl sites for hydroxylation is 2. The molecule has 2 N–H and O–H groups in total. The number of anilines is 1. The number of carbonyl (C=O) groups excluding carboxylic acids is 1. The van der Waals surface area contributed by atoms with Crippen LogP contribution in [0, 0.1) is 6.92 Å². The zero-order valence-electron chi connectivity index (χ0n) is 12.1. The quantitative estimate of drug-likeness (QED) is 0.853. The molecule has 1 aliphatic heterocycles. The molecule has 0 saturated carbocycles. The predicted molar refractivity (Wildman–Crippen MR) is 73.4 cm³/mol. The Balaban J connectivity index is 1.82. The maximum Gasteiger partial charge on any atom is 0.321 e. The molecule has 0 spiro atoms. The SMILES string of the molecule is CCn1nc(C)nc1NC(=O)N[C@H]1CCN(CC(F)F)C1. The number of urea groups is 1. The van der Waals surface area contributed by atoms with E-state index in [4.69, 9.17) is 0 Å². The summed E-state index contributed by atoms with van der Waals surface area (Å²) in [5, 5.41) is 9.54. The second-order valence-electron chi connectivity index (χ2n) is 5.03. The molecule has 0 radical (unpaired) electrons. The Morgan fingerprint density at radius 3 is 2.95 bits per heavy atom. The number of halogens is 2. The van der Waals surface area contributed by atoms with Gasteiger partial charge in [0.15, 0.2) is 0 Å². The van der Waals surface area contributed by atoms with Crippen molar-refractivity contribution in [1.82, 2.24) is 25.0 Å². The highest BCUT2D eigenvalue weighted by Gasteiger charge is 2.26. The van der Waals surface area contributed by atoms with Crippen molar-refractivity contribution in [2.45, 2.75) is 39.3 Å². The van der Waals surface area contributed by atoms with Crippen LogP contribution in [0.4, 0.5) is 19.5 Å². The summed E-state index contributed by atoms with van der Waals surface area (Å²) in [5.41, 5.74) is 0. The third kappa shape index (κ3) is 4.35. The summed E-state index contributed by atoms with van der Waals surface area (Å²) in [6.45, 7) is 5.01. The van der Waals surface area contributed by atoms with E-state index in [1.165, 1.54) is 0 Å². The van der Waals surface area contributed by atoms with Gasteiger partial charge in [-0.25, -0.2) is 18.3 Å². The number of aromatic nitrogens is 3. The Morgan fingerprint density at radius 1 is 1.52 bits per heavy atom. The molecule has 1 aliphatic rings. The number of rotatable bonds is 5. The Hall–Kier alpha value is -1.77. The smallest absolute Gasteiger partial charge is 0.321 e. The van der Waals surface area contributed by atoms with Crippen molar-refractivity contribution in [2.24, 2.45) is 0 Å². The molecule has 0 bridgehead atoms. The molecule has 0 unspecified atom stereocenters. The van der Waals surface area contributed by atoms with Gasteiger partial charge < -0.3 is 5.32 Å². The molecule has 0 aliphatic carbocycles. The molecule has 118 valence electrons. The first kappa shape index (κ1) is 15.6. The first-order valence-electron chi connectivity index (χ1n) is 6.97. The van der Waals surface area contributed by atoms with Crippen LogP contribution in [0.25, 0.3) is 0 Å². The van der Waals surface area contributed by atoms with E-state index in [1.54, 1.807) is 16.5 Å². The van der Waals surface area contributed by atoms with Gasteiger partial charge in [0.05, 0.1) is 6.54 Å². The Kier molecular flexibility index (Phi) is 5.05. The fraction of sp³-hybridized carbons (Fsp3) is 0.750. The number of nitrogens with one attached hydrogen (secondary N) is 2. The maximum atomic E-state index is 12.3. The van der Waals surface area contributed by atoms with Gasteiger partial charge in [-0.15, -0.1) is 0 Å². The standard InChI is InChI=1S/C12H20F2N6O/c1-3-20-11(15-8(2)18-20)17-12(21)16-9-4-5-19(6-9)7-10(13)14/h9-10H,3-7H2,1-2H3,(H2,15,16,17,18,21)/t9-/m0/s1. The summed E-state index contributed by atoms with van der Waals surface area (Å²) in [5.74, 6) is 0.964. The first-order chi connectivity index (χ1) is 9.97. The van der Waals surface area contributed by atoms with Crippen LogP contribution in [-0.4, -0.2) is 57.8 Å². The molecule has 2 amide bonds. The van der Waals surface area contributed by atoms with Gasteiger partial charge in [0.2, 0.25) is 5.95 Å². The van der Waals surface area contributed by atoms with Crippen molar-refractivity contribution in [3.63, 3.8) is 0 Å². The molecule has 1 aromatic heterocycles. The molecule has 21 heavy (non-hydrogen) atoms. The minimum Gasteiger partial charge on any atom is -0.334 e. The van der Waals surface area contributed by atoms with E-state index < -0.39 is 6.43 Å². The lowest BCUT2D eigenvalue weighted by molar-refractivity contribution is 0.0988. The summed E-state index contributed by atoms with van der Waals surface area (Å²) < 4.78 is 26.2. The Morgan fingerprint density at radius 2 is 2.29 bits per heavy atom. The van der Waals surface area contributed by atoms with Crippen LogP contribution < -0.4 is 10.6 Å².